The van der Waals surface area contributed by atoms with E-state index < -0.39 is 26.5 Å². The first kappa shape index (κ1) is 51.0. The van der Waals surface area contributed by atoms with Crippen LogP contribution in [-0.4, -0.2) is 49.3 Å². The van der Waals surface area contributed by atoms with Crippen LogP contribution >= 0.6 is 7.82 Å². The summed E-state index contributed by atoms with van der Waals surface area (Å²) in [4.78, 5) is 34.8. The minimum atomic E-state index is -4.37. The van der Waals surface area contributed by atoms with Crippen LogP contribution in [0.5, 0.6) is 0 Å². The Bertz CT molecular complexity index is 830. The van der Waals surface area contributed by atoms with Crippen molar-refractivity contribution in [3.8, 4) is 0 Å². The zero-order valence-corrected chi connectivity index (χ0v) is 35.0. The van der Waals surface area contributed by atoms with E-state index in [1.165, 1.54) is 161 Å². The maximum atomic E-state index is 12.6. The molecule has 0 aromatic carbocycles. The van der Waals surface area contributed by atoms with E-state index in [0.717, 1.165) is 32.1 Å². The van der Waals surface area contributed by atoms with Gasteiger partial charge in [0, 0.05) is 19.4 Å². The van der Waals surface area contributed by atoms with Gasteiger partial charge >= 0.3 is 19.8 Å². The lowest BCUT2D eigenvalue weighted by atomic mass is 10.0. The van der Waals surface area contributed by atoms with Gasteiger partial charge in [0.25, 0.3) is 0 Å². The van der Waals surface area contributed by atoms with Crippen molar-refractivity contribution in [3.05, 3.63) is 0 Å². The summed E-state index contributed by atoms with van der Waals surface area (Å²) in [6, 6.07) is 0. The SMILES string of the molecule is CCCCCCCCCCCCCCCCCCCC(=O)OC(COC(=O)CCCCCCCCCCCCCCCC)COP(=O)(O)OCCN. The molecule has 0 saturated carbocycles. The second kappa shape index (κ2) is 39.7. The molecule has 2 atom stereocenters. The Kier molecular flexibility index (Phi) is 38.9. The highest BCUT2D eigenvalue weighted by molar-refractivity contribution is 7.47. The molecule has 0 fully saturated rings. The van der Waals surface area contributed by atoms with Crippen LogP contribution < -0.4 is 5.73 Å². The topological polar surface area (TPSA) is 134 Å². The minimum absolute atomic E-state index is 0.0581. The van der Waals surface area contributed by atoms with Gasteiger partial charge in [-0.2, -0.15) is 0 Å². The van der Waals surface area contributed by atoms with Gasteiger partial charge in [-0.3, -0.25) is 18.6 Å². The summed E-state index contributed by atoms with van der Waals surface area (Å²) in [7, 11) is -4.37. The number of hydrogen-bond acceptors (Lipinski definition) is 8. The van der Waals surface area contributed by atoms with Crippen LogP contribution in [0.25, 0.3) is 0 Å². The predicted molar refractivity (Wildman–Crippen MR) is 215 cm³/mol. The first-order valence-corrected chi connectivity index (χ1v) is 23.5. The molecule has 310 valence electrons. The van der Waals surface area contributed by atoms with Crippen molar-refractivity contribution >= 4 is 19.8 Å². The summed E-state index contributed by atoms with van der Waals surface area (Å²) in [6.07, 6.45) is 38.4. The number of phosphoric acid groups is 1. The molecule has 0 aliphatic carbocycles. The Morgan fingerprint density at radius 1 is 0.500 bits per heavy atom. The van der Waals surface area contributed by atoms with E-state index in [1.807, 2.05) is 0 Å². The molecule has 0 spiro atoms. The van der Waals surface area contributed by atoms with Crippen LogP contribution in [0.1, 0.15) is 226 Å². The fourth-order valence-corrected chi connectivity index (χ4v) is 7.23. The predicted octanol–water partition coefficient (Wildman–Crippen LogP) is 12.4. The van der Waals surface area contributed by atoms with Gasteiger partial charge < -0.3 is 20.1 Å². The molecule has 52 heavy (non-hydrogen) atoms. The first-order valence-electron chi connectivity index (χ1n) is 22.0. The number of nitrogens with two attached hydrogens (primary N) is 1. The van der Waals surface area contributed by atoms with Crippen LogP contribution in [0.3, 0.4) is 0 Å². The third-order valence-corrected chi connectivity index (χ3v) is 10.7. The molecule has 0 heterocycles. The van der Waals surface area contributed by atoms with Gasteiger partial charge in [0.05, 0.1) is 13.2 Å². The number of ether oxygens (including phenoxy) is 2. The lowest BCUT2D eigenvalue weighted by molar-refractivity contribution is -0.161. The highest BCUT2D eigenvalue weighted by atomic mass is 31.2. The second-order valence-electron chi connectivity index (χ2n) is 14.9. The molecular formula is C42H84NO8P. The Morgan fingerprint density at radius 3 is 1.17 bits per heavy atom. The highest BCUT2D eigenvalue weighted by Gasteiger charge is 2.26. The third kappa shape index (κ3) is 38.7. The molecule has 0 aromatic heterocycles. The Balaban J connectivity index is 4.09. The molecule has 9 nitrogen and oxygen atoms in total. The number of carbonyl (C=O) groups excluding carboxylic acids is 2. The average molecular weight is 762 g/mol. The summed E-state index contributed by atoms with van der Waals surface area (Å²) in [5.74, 6) is -0.812. The van der Waals surface area contributed by atoms with Crippen LogP contribution in [0.15, 0.2) is 0 Å². The van der Waals surface area contributed by atoms with E-state index in [-0.39, 0.29) is 38.6 Å². The van der Waals surface area contributed by atoms with Crippen molar-refractivity contribution in [1.82, 2.24) is 0 Å². The third-order valence-electron chi connectivity index (χ3n) is 9.74. The molecule has 0 bridgehead atoms. The molecule has 3 N–H and O–H groups in total. The monoisotopic (exact) mass is 762 g/mol. The molecule has 0 aliphatic heterocycles. The van der Waals surface area contributed by atoms with Crippen molar-refractivity contribution in [3.63, 3.8) is 0 Å². The first-order chi connectivity index (χ1) is 25.3. The summed E-state index contributed by atoms with van der Waals surface area (Å²) >= 11 is 0. The summed E-state index contributed by atoms with van der Waals surface area (Å²) in [5, 5.41) is 0. The summed E-state index contributed by atoms with van der Waals surface area (Å²) < 4.78 is 32.8. The van der Waals surface area contributed by atoms with Crippen molar-refractivity contribution < 1.29 is 37.6 Å². The second-order valence-corrected chi connectivity index (χ2v) is 16.4. The number of phosphoric ester groups is 1. The summed E-state index contributed by atoms with van der Waals surface area (Å²) in [5.41, 5.74) is 5.35. The zero-order chi connectivity index (χ0) is 38.2. The average Bonchev–Trinajstić information content (AvgIpc) is 3.13. The maximum absolute atomic E-state index is 12.6. The minimum Gasteiger partial charge on any atom is -0.462 e. The lowest BCUT2D eigenvalue weighted by Gasteiger charge is -2.19. The molecule has 0 amide bonds. The van der Waals surface area contributed by atoms with Gasteiger partial charge in [0.15, 0.2) is 6.10 Å². The number of esters is 2. The van der Waals surface area contributed by atoms with E-state index in [4.69, 9.17) is 24.3 Å². The zero-order valence-electron chi connectivity index (χ0n) is 34.1. The Morgan fingerprint density at radius 2 is 0.827 bits per heavy atom. The van der Waals surface area contributed by atoms with Crippen molar-refractivity contribution in [2.75, 3.05) is 26.4 Å². The van der Waals surface area contributed by atoms with E-state index in [9.17, 15) is 19.0 Å². The fourth-order valence-electron chi connectivity index (χ4n) is 6.46. The van der Waals surface area contributed by atoms with Gasteiger partial charge in [0.2, 0.25) is 0 Å². The molecule has 2 unspecified atom stereocenters. The smallest absolute Gasteiger partial charge is 0.462 e. The van der Waals surface area contributed by atoms with Crippen LogP contribution in [-0.2, 0) is 32.7 Å². The molecule has 10 heteroatoms. The van der Waals surface area contributed by atoms with Crippen LogP contribution in [0, 0.1) is 0 Å². The number of carbonyl (C=O) groups is 2. The largest absolute Gasteiger partial charge is 0.472 e. The van der Waals surface area contributed by atoms with Crippen LogP contribution in [0.4, 0.5) is 0 Å². The molecule has 0 saturated heterocycles. The quantitative estimate of drug-likeness (QED) is 0.0354. The lowest BCUT2D eigenvalue weighted by Crippen LogP contribution is -2.29. The highest BCUT2D eigenvalue weighted by Crippen LogP contribution is 2.43. The van der Waals surface area contributed by atoms with Crippen molar-refractivity contribution in [2.24, 2.45) is 5.73 Å². The van der Waals surface area contributed by atoms with Gasteiger partial charge in [-0.25, -0.2) is 4.57 Å². The van der Waals surface area contributed by atoms with Gasteiger partial charge in [0.1, 0.15) is 6.61 Å². The number of unbranched alkanes of at least 4 members (excludes halogenated alkanes) is 29. The van der Waals surface area contributed by atoms with Gasteiger partial charge in [-0.1, -0.05) is 200 Å². The molecule has 0 aliphatic rings. The molecule has 0 radical (unpaired) electrons. The maximum Gasteiger partial charge on any atom is 0.472 e. The molecular weight excluding hydrogens is 677 g/mol. The van der Waals surface area contributed by atoms with Crippen LogP contribution in [0.2, 0.25) is 0 Å². The van der Waals surface area contributed by atoms with E-state index >= 15 is 0 Å². The van der Waals surface area contributed by atoms with Crippen molar-refractivity contribution in [2.45, 2.75) is 232 Å². The standard InChI is InChI=1S/C42H84NO8P/c1-3-5-7-9-11-13-15-17-19-20-21-23-25-27-29-31-33-35-42(45)51-40(39-50-52(46,47)49-37-36-43)38-48-41(44)34-32-30-28-26-24-22-18-16-14-12-10-8-6-4-2/h40H,3-39,43H2,1-2H3,(H,46,47). The summed E-state index contributed by atoms with van der Waals surface area (Å²) in [6.45, 7) is 3.77. The van der Waals surface area contributed by atoms with Gasteiger partial charge in [-0.05, 0) is 12.8 Å². The number of hydrogen-bond donors (Lipinski definition) is 2. The Hall–Kier alpha value is -0.990. The molecule has 0 rings (SSSR count). The fraction of sp³-hybridized carbons (Fsp3) is 0.952. The van der Waals surface area contributed by atoms with E-state index in [2.05, 4.69) is 13.8 Å². The van der Waals surface area contributed by atoms with Crippen molar-refractivity contribution in [1.29, 1.82) is 0 Å². The Labute approximate surface area is 320 Å². The number of rotatable bonds is 42. The van der Waals surface area contributed by atoms with E-state index in [1.54, 1.807) is 0 Å². The van der Waals surface area contributed by atoms with Gasteiger partial charge in [-0.15, -0.1) is 0 Å². The molecule has 0 aromatic rings. The van der Waals surface area contributed by atoms with E-state index in [0.29, 0.717) is 6.42 Å². The normalized spacial score (nSPS) is 13.2.